The van der Waals surface area contributed by atoms with Crippen LogP contribution >= 0.6 is 0 Å². The summed E-state index contributed by atoms with van der Waals surface area (Å²) in [5, 5.41) is 12.1. The first-order valence-electron chi connectivity index (χ1n) is 14.5. The number of fused-ring (bicyclic) bond motifs is 1. The number of carbonyl (C=O) groups excluding carboxylic acids is 2. The van der Waals surface area contributed by atoms with Gasteiger partial charge in [0.2, 0.25) is 5.91 Å². The summed E-state index contributed by atoms with van der Waals surface area (Å²) >= 11 is 0. The number of aliphatic hydroxyl groups excluding tert-OH is 1. The summed E-state index contributed by atoms with van der Waals surface area (Å²) in [6.45, 7) is 7.38. The maximum absolute atomic E-state index is 13.8. The third-order valence-electron chi connectivity index (χ3n) is 8.55. The molecule has 2 heterocycles. The summed E-state index contributed by atoms with van der Waals surface area (Å²) in [5.41, 5.74) is 1.10. The van der Waals surface area contributed by atoms with Crippen molar-refractivity contribution in [1.29, 1.82) is 0 Å². The maximum atomic E-state index is 13.8. The molecule has 8 heteroatoms. The molecule has 0 bridgehead atoms. The van der Waals surface area contributed by atoms with Gasteiger partial charge >= 0.3 is 0 Å². The number of aliphatic hydroxyl groups is 1. The lowest BCUT2D eigenvalue weighted by molar-refractivity contribution is -0.138. The molecule has 1 saturated carbocycles. The Morgan fingerprint density at radius 3 is 2.30 bits per heavy atom. The van der Waals surface area contributed by atoms with Gasteiger partial charge in [0.05, 0.1) is 6.61 Å². The fourth-order valence-corrected chi connectivity index (χ4v) is 6.33. The van der Waals surface area contributed by atoms with Gasteiger partial charge in [-0.2, -0.15) is 0 Å². The molecule has 8 nitrogen and oxygen atoms in total. The van der Waals surface area contributed by atoms with Gasteiger partial charge in [-0.15, -0.1) is 0 Å². The first kappa shape index (κ1) is 27.8. The van der Waals surface area contributed by atoms with Gasteiger partial charge in [-0.3, -0.25) is 19.3 Å². The first-order chi connectivity index (χ1) is 17.8. The maximum Gasteiger partial charge on any atom is 0.263 e. The highest BCUT2D eigenvalue weighted by Crippen LogP contribution is 2.27. The SMILES string of the molecule is CC(C)(NC(=O)c1cc2c(n(CC3CCCCC3)c1=O)CCCCCC2)C(=O)N1CCN(CCO)CC1. The lowest BCUT2D eigenvalue weighted by Crippen LogP contribution is -2.60. The normalized spacial score (nSPS) is 20.1. The Morgan fingerprint density at radius 2 is 1.62 bits per heavy atom. The lowest BCUT2D eigenvalue weighted by atomic mass is 9.88. The van der Waals surface area contributed by atoms with Crippen molar-refractivity contribution in [2.45, 2.75) is 96.6 Å². The molecular formula is C29H46N4O4. The van der Waals surface area contributed by atoms with E-state index in [2.05, 4.69) is 10.2 Å². The molecule has 2 amide bonds. The minimum Gasteiger partial charge on any atom is -0.395 e. The topological polar surface area (TPSA) is 94.9 Å². The predicted octanol–water partition coefficient (Wildman–Crippen LogP) is 2.73. The van der Waals surface area contributed by atoms with Crippen molar-refractivity contribution in [2.24, 2.45) is 5.92 Å². The minimum atomic E-state index is -1.12. The van der Waals surface area contributed by atoms with Crippen molar-refractivity contribution in [3.05, 3.63) is 33.2 Å². The van der Waals surface area contributed by atoms with Crippen molar-refractivity contribution in [2.75, 3.05) is 39.3 Å². The Hall–Kier alpha value is -2.19. The van der Waals surface area contributed by atoms with Crippen LogP contribution in [0.25, 0.3) is 0 Å². The smallest absolute Gasteiger partial charge is 0.263 e. The Morgan fingerprint density at radius 1 is 0.973 bits per heavy atom. The van der Waals surface area contributed by atoms with E-state index in [1.165, 1.54) is 32.1 Å². The van der Waals surface area contributed by atoms with Crippen LogP contribution < -0.4 is 10.9 Å². The molecule has 2 N–H and O–H groups in total. The van der Waals surface area contributed by atoms with Gasteiger partial charge in [-0.25, -0.2) is 0 Å². The van der Waals surface area contributed by atoms with Crippen LogP contribution in [-0.2, 0) is 24.2 Å². The van der Waals surface area contributed by atoms with Gasteiger partial charge in [0.15, 0.2) is 0 Å². The average molecular weight is 515 g/mol. The van der Waals surface area contributed by atoms with E-state index in [9.17, 15) is 19.5 Å². The first-order valence-corrected chi connectivity index (χ1v) is 14.5. The number of piperazine rings is 1. The molecule has 1 aromatic rings. The van der Waals surface area contributed by atoms with E-state index >= 15 is 0 Å². The van der Waals surface area contributed by atoms with Crippen molar-refractivity contribution in [3.63, 3.8) is 0 Å². The third kappa shape index (κ3) is 6.82. The van der Waals surface area contributed by atoms with E-state index in [4.69, 9.17) is 0 Å². The number of hydrogen-bond acceptors (Lipinski definition) is 5. The number of aryl methyl sites for hydroxylation is 1. The molecule has 1 saturated heterocycles. The number of β-amino-alcohol motifs (C(OH)–C–C–N with tert-alkyl or cyclic N) is 1. The molecule has 0 radical (unpaired) electrons. The van der Waals surface area contributed by atoms with E-state index in [0.717, 1.165) is 49.8 Å². The standard InChI is InChI=1S/C29H46N4O4/c1-29(2,28(37)32-16-14-31(15-17-32)18-19-34)30-26(35)24-20-23-12-8-3-4-9-13-25(23)33(27(24)36)21-22-10-6-5-7-11-22/h20,22,34H,3-19,21H2,1-2H3,(H,30,35). The Bertz CT molecular complexity index is 1000. The zero-order valence-electron chi connectivity index (χ0n) is 22.9. The largest absolute Gasteiger partial charge is 0.395 e. The van der Waals surface area contributed by atoms with Crippen LogP contribution in [-0.4, -0.2) is 76.2 Å². The molecule has 3 aliphatic rings. The number of aromatic nitrogens is 1. The van der Waals surface area contributed by atoms with Crippen LogP contribution in [0.3, 0.4) is 0 Å². The Labute approximate surface area is 221 Å². The number of nitrogens with zero attached hydrogens (tertiary/aromatic N) is 3. The molecule has 0 unspecified atom stereocenters. The predicted molar refractivity (Wildman–Crippen MR) is 145 cm³/mol. The molecule has 0 spiro atoms. The zero-order valence-corrected chi connectivity index (χ0v) is 22.9. The molecule has 2 fully saturated rings. The second kappa shape index (κ2) is 12.6. The molecule has 206 valence electrons. The van der Waals surface area contributed by atoms with Crippen molar-refractivity contribution in [1.82, 2.24) is 19.7 Å². The summed E-state index contributed by atoms with van der Waals surface area (Å²) < 4.78 is 1.93. The van der Waals surface area contributed by atoms with Gasteiger partial charge in [0.25, 0.3) is 11.5 Å². The summed E-state index contributed by atoms with van der Waals surface area (Å²) in [6, 6.07) is 1.82. The summed E-state index contributed by atoms with van der Waals surface area (Å²) in [7, 11) is 0. The van der Waals surface area contributed by atoms with Gasteiger partial charge in [0.1, 0.15) is 11.1 Å². The fourth-order valence-electron chi connectivity index (χ4n) is 6.33. The van der Waals surface area contributed by atoms with Gasteiger partial charge in [-0.1, -0.05) is 32.1 Å². The zero-order chi connectivity index (χ0) is 26.4. The number of carbonyl (C=O) groups is 2. The van der Waals surface area contributed by atoms with Crippen LogP contribution in [0.4, 0.5) is 0 Å². The fraction of sp³-hybridized carbons (Fsp3) is 0.759. The monoisotopic (exact) mass is 514 g/mol. The van der Waals surface area contributed by atoms with Crippen molar-refractivity contribution in [3.8, 4) is 0 Å². The molecule has 37 heavy (non-hydrogen) atoms. The molecule has 2 aliphatic carbocycles. The highest BCUT2D eigenvalue weighted by atomic mass is 16.3. The van der Waals surface area contributed by atoms with Crippen LogP contribution in [0.15, 0.2) is 10.9 Å². The second-order valence-corrected chi connectivity index (χ2v) is 11.8. The van der Waals surface area contributed by atoms with E-state index in [0.29, 0.717) is 45.2 Å². The number of hydrogen-bond donors (Lipinski definition) is 2. The van der Waals surface area contributed by atoms with Gasteiger partial charge < -0.3 is 19.9 Å². The summed E-state index contributed by atoms with van der Waals surface area (Å²) in [4.78, 5) is 44.6. The molecular weight excluding hydrogens is 468 g/mol. The van der Waals surface area contributed by atoms with Gasteiger partial charge in [-0.05, 0) is 69.9 Å². The number of amides is 2. The molecule has 1 aromatic heterocycles. The lowest BCUT2D eigenvalue weighted by Gasteiger charge is -2.38. The minimum absolute atomic E-state index is 0.106. The summed E-state index contributed by atoms with van der Waals surface area (Å²) in [5.74, 6) is -0.107. The Kier molecular flexibility index (Phi) is 9.46. The Balaban J connectivity index is 1.55. The number of rotatable bonds is 7. The number of nitrogens with one attached hydrogen (secondary N) is 1. The molecule has 4 rings (SSSR count). The number of pyridine rings is 1. The third-order valence-corrected chi connectivity index (χ3v) is 8.55. The van der Waals surface area contributed by atoms with Crippen LogP contribution in [0.1, 0.15) is 93.3 Å². The van der Waals surface area contributed by atoms with E-state index in [1.54, 1.807) is 18.7 Å². The quantitative estimate of drug-likeness (QED) is 0.584. The van der Waals surface area contributed by atoms with Gasteiger partial charge in [0, 0.05) is 45.0 Å². The van der Waals surface area contributed by atoms with Crippen molar-refractivity contribution >= 4 is 11.8 Å². The molecule has 1 aliphatic heterocycles. The average Bonchev–Trinajstić information content (AvgIpc) is 2.87. The van der Waals surface area contributed by atoms with Crippen LogP contribution in [0.2, 0.25) is 0 Å². The second-order valence-electron chi connectivity index (χ2n) is 11.8. The highest BCUT2D eigenvalue weighted by molar-refractivity contribution is 5.99. The van der Waals surface area contributed by atoms with Crippen molar-refractivity contribution < 1.29 is 14.7 Å². The van der Waals surface area contributed by atoms with Crippen LogP contribution in [0.5, 0.6) is 0 Å². The summed E-state index contributed by atoms with van der Waals surface area (Å²) in [6.07, 6.45) is 12.3. The van der Waals surface area contributed by atoms with Crippen LogP contribution in [0, 0.1) is 5.92 Å². The van der Waals surface area contributed by atoms with E-state index < -0.39 is 11.4 Å². The molecule has 0 aromatic carbocycles. The molecule has 0 atom stereocenters. The van der Waals surface area contributed by atoms with E-state index in [-0.39, 0.29) is 23.6 Å². The van der Waals surface area contributed by atoms with E-state index in [1.807, 2.05) is 10.6 Å². The highest BCUT2D eigenvalue weighted by Gasteiger charge is 2.36.